The minimum absolute atomic E-state index is 0.276. The van der Waals surface area contributed by atoms with Crippen LogP contribution in [-0.4, -0.2) is 13.8 Å². The average molecular weight is 394 g/mol. The van der Waals surface area contributed by atoms with Crippen molar-refractivity contribution in [3.63, 3.8) is 0 Å². The molecule has 21 heavy (non-hydrogen) atoms. The molecule has 1 saturated heterocycles. The van der Waals surface area contributed by atoms with Crippen LogP contribution < -0.4 is 26.9 Å². The molecule has 0 spiro atoms. The SMILES string of the molecule is Cc1ccc2c(c1)CCC1=C2CC[C@]2(C)C(=O)[I-]C[C@@]12N. The molecule has 1 fully saturated rings. The summed E-state index contributed by atoms with van der Waals surface area (Å²) in [6.07, 6.45) is 4.09. The molecule has 0 saturated carbocycles. The Morgan fingerprint density at radius 1 is 1.24 bits per heavy atom. The topological polar surface area (TPSA) is 43.1 Å². The molecule has 1 aliphatic heterocycles. The molecular formula is C18H21INO-. The van der Waals surface area contributed by atoms with Gasteiger partial charge in [0.25, 0.3) is 0 Å². The fraction of sp³-hybridized carbons (Fsp3) is 0.500. The summed E-state index contributed by atoms with van der Waals surface area (Å²) in [5.41, 5.74) is 13.4. The Bertz CT molecular complexity index is 692. The van der Waals surface area contributed by atoms with Gasteiger partial charge in [-0.25, -0.2) is 0 Å². The van der Waals surface area contributed by atoms with Crippen molar-refractivity contribution in [2.24, 2.45) is 11.1 Å². The molecule has 3 aliphatic rings. The molecule has 112 valence electrons. The van der Waals surface area contributed by atoms with Crippen LogP contribution in [0.3, 0.4) is 0 Å². The van der Waals surface area contributed by atoms with Crippen LogP contribution >= 0.6 is 0 Å². The normalized spacial score (nSPS) is 34.9. The second kappa shape index (κ2) is 4.42. The van der Waals surface area contributed by atoms with Gasteiger partial charge >= 0.3 is 136 Å². The number of alkyl halides is 1. The zero-order valence-corrected chi connectivity index (χ0v) is 14.8. The van der Waals surface area contributed by atoms with Gasteiger partial charge < -0.3 is 0 Å². The summed E-state index contributed by atoms with van der Waals surface area (Å²) in [5, 5.41) is 0. The Labute approximate surface area is 136 Å². The number of carbonyl (C=O) groups is 1. The maximum absolute atomic E-state index is 12.4. The molecule has 0 bridgehead atoms. The summed E-state index contributed by atoms with van der Waals surface area (Å²) in [6, 6.07) is 6.80. The first kappa shape index (κ1) is 13.9. The summed E-state index contributed by atoms with van der Waals surface area (Å²) in [4.78, 5) is 12.4. The molecule has 3 heteroatoms. The van der Waals surface area contributed by atoms with Crippen LogP contribution in [0.5, 0.6) is 0 Å². The molecule has 2 nitrogen and oxygen atoms in total. The summed E-state index contributed by atoms with van der Waals surface area (Å²) in [6.45, 7) is 4.29. The van der Waals surface area contributed by atoms with Gasteiger partial charge in [-0.2, -0.15) is 0 Å². The first-order chi connectivity index (χ1) is 9.96. The first-order valence-electron chi connectivity index (χ1n) is 7.70. The number of aryl methyl sites for hydroxylation is 2. The Morgan fingerprint density at radius 2 is 2.05 bits per heavy atom. The summed E-state index contributed by atoms with van der Waals surface area (Å²) in [5.74, 6) is 0. The fourth-order valence-corrected chi connectivity index (χ4v) is 8.16. The van der Waals surface area contributed by atoms with Crippen molar-refractivity contribution in [2.75, 3.05) is 4.43 Å². The Hall–Kier alpha value is -0.680. The second-order valence-electron chi connectivity index (χ2n) is 6.96. The molecule has 4 rings (SSSR count). The zero-order chi connectivity index (χ0) is 14.8. The van der Waals surface area contributed by atoms with Crippen LogP contribution in [0.25, 0.3) is 5.57 Å². The Kier molecular flexibility index (Phi) is 2.93. The monoisotopic (exact) mass is 394 g/mol. The molecule has 1 aromatic carbocycles. The predicted molar refractivity (Wildman–Crippen MR) is 80.6 cm³/mol. The molecular weight excluding hydrogens is 373 g/mol. The summed E-state index contributed by atoms with van der Waals surface area (Å²) < 4.78 is 1.44. The minimum atomic E-state index is -0.378. The Morgan fingerprint density at radius 3 is 2.86 bits per heavy atom. The molecule has 2 atom stereocenters. The number of rotatable bonds is 0. The van der Waals surface area contributed by atoms with E-state index in [1.165, 1.54) is 27.8 Å². The van der Waals surface area contributed by atoms with E-state index in [9.17, 15) is 4.79 Å². The third kappa shape index (κ3) is 1.70. The number of allylic oxidation sites excluding steroid dienone is 1. The van der Waals surface area contributed by atoms with E-state index in [1.54, 1.807) is 0 Å². The van der Waals surface area contributed by atoms with Crippen LogP contribution in [-0.2, 0) is 11.2 Å². The number of nitrogens with two attached hydrogens (primary N) is 1. The van der Waals surface area contributed by atoms with Gasteiger partial charge in [0.15, 0.2) is 0 Å². The third-order valence-electron chi connectivity index (χ3n) is 5.83. The maximum atomic E-state index is 12.4. The number of fused-ring (bicyclic) bond motifs is 4. The molecule has 0 radical (unpaired) electrons. The molecule has 0 unspecified atom stereocenters. The van der Waals surface area contributed by atoms with Crippen LogP contribution in [0.4, 0.5) is 0 Å². The van der Waals surface area contributed by atoms with Gasteiger partial charge in [-0.3, -0.25) is 0 Å². The van der Waals surface area contributed by atoms with Gasteiger partial charge in [0.2, 0.25) is 0 Å². The first-order valence-corrected chi connectivity index (χ1v) is 10.3. The molecule has 2 N–H and O–H groups in total. The summed E-state index contributed by atoms with van der Waals surface area (Å²) in [7, 11) is 0. The molecule has 0 amide bonds. The van der Waals surface area contributed by atoms with Gasteiger partial charge in [-0.05, 0) is 0 Å². The van der Waals surface area contributed by atoms with E-state index in [1.807, 2.05) is 0 Å². The number of hydrogen-bond acceptors (Lipinski definition) is 2. The number of halogens is 1. The van der Waals surface area contributed by atoms with Crippen molar-refractivity contribution in [1.29, 1.82) is 0 Å². The quantitative estimate of drug-likeness (QED) is 0.377. The van der Waals surface area contributed by atoms with Crippen molar-refractivity contribution in [2.45, 2.75) is 45.1 Å². The van der Waals surface area contributed by atoms with Crippen LogP contribution in [0.2, 0.25) is 0 Å². The van der Waals surface area contributed by atoms with E-state index in [4.69, 9.17) is 5.73 Å². The Balaban J connectivity index is 1.91. The standard InChI is InChI=1S/C18H21INO/c1-11-3-5-13-12(9-11)4-6-15-14(13)7-8-17(2)16(21)19-10-18(15,17)20/h3,5,9H,4,6-8,10,20H2,1-2H3/q-1/t17-,18-/m1/s1. The van der Waals surface area contributed by atoms with Crippen molar-refractivity contribution in [3.05, 3.63) is 40.5 Å². The van der Waals surface area contributed by atoms with Crippen LogP contribution in [0, 0.1) is 12.3 Å². The number of hydrogen-bond donors (Lipinski definition) is 1. The van der Waals surface area contributed by atoms with Gasteiger partial charge in [0.1, 0.15) is 0 Å². The van der Waals surface area contributed by atoms with Gasteiger partial charge in [0, 0.05) is 0 Å². The van der Waals surface area contributed by atoms with Gasteiger partial charge in [-0.1, -0.05) is 0 Å². The van der Waals surface area contributed by atoms with Crippen molar-refractivity contribution in [1.82, 2.24) is 0 Å². The molecule has 1 heterocycles. The van der Waals surface area contributed by atoms with E-state index in [0.29, 0.717) is 3.79 Å². The molecule has 1 aromatic rings. The molecule has 0 aromatic heterocycles. The van der Waals surface area contributed by atoms with E-state index in [2.05, 4.69) is 32.0 Å². The third-order valence-corrected chi connectivity index (χ3v) is 9.29. The van der Waals surface area contributed by atoms with Crippen LogP contribution in [0.1, 0.15) is 42.9 Å². The van der Waals surface area contributed by atoms with Crippen molar-refractivity contribution < 1.29 is 26.0 Å². The van der Waals surface area contributed by atoms with E-state index in [0.717, 1.165) is 30.1 Å². The molecule has 2 aliphatic carbocycles. The van der Waals surface area contributed by atoms with Crippen LogP contribution in [0.15, 0.2) is 23.8 Å². The van der Waals surface area contributed by atoms with Gasteiger partial charge in [0.05, 0.1) is 0 Å². The number of carbonyl (C=O) groups excluding carboxylic acids is 1. The predicted octanol–water partition coefficient (Wildman–Crippen LogP) is -0.178. The average Bonchev–Trinajstić information content (AvgIpc) is 2.71. The summed E-state index contributed by atoms with van der Waals surface area (Å²) >= 11 is -0.378. The second-order valence-corrected chi connectivity index (χ2v) is 9.47. The van der Waals surface area contributed by atoms with E-state index < -0.39 is 0 Å². The van der Waals surface area contributed by atoms with E-state index >= 15 is 0 Å². The van der Waals surface area contributed by atoms with E-state index in [-0.39, 0.29) is 32.2 Å². The van der Waals surface area contributed by atoms with Gasteiger partial charge in [-0.15, -0.1) is 0 Å². The van der Waals surface area contributed by atoms with Crippen molar-refractivity contribution >= 4 is 9.36 Å². The number of benzene rings is 1. The fourth-order valence-electron chi connectivity index (χ4n) is 4.32. The zero-order valence-electron chi connectivity index (χ0n) is 12.6. The van der Waals surface area contributed by atoms with Crippen molar-refractivity contribution in [3.8, 4) is 0 Å².